The lowest BCUT2D eigenvalue weighted by molar-refractivity contribution is -0.124. The average molecular weight is 310 g/mol. The van der Waals surface area contributed by atoms with E-state index in [4.69, 9.17) is 4.74 Å². The highest BCUT2D eigenvalue weighted by molar-refractivity contribution is 5.77. The van der Waals surface area contributed by atoms with Gasteiger partial charge in [-0.05, 0) is 37.8 Å². The largest absolute Gasteiger partial charge is 0.481 e. The molecule has 0 unspecified atom stereocenters. The number of hydrogen-bond donors (Lipinski definition) is 1. The van der Waals surface area contributed by atoms with Gasteiger partial charge in [-0.2, -0.15) is 0 Å². The third kappa shape index (κ3) is 3.94. The maximum Gasteiger partial charge on any atom is 0.258 e. The number of carbonyl (C=O) groups is 1. The van der Waals surface area contributed by atoms with Gasteiger partial charge in [-0.1, -0.05) is 0 Å². The molecule has 3 rings (SSSR count). The van der Waals surface area contributed by atoms with Crippen LogP contribution in [0.25, 0.3) is 0 Å². The van der Waals surface area contributed by atoms with E-state index in [1.807, 2.05) is 0 Å². The van der Waals surface area contributed by atoms with E-state index in [9.17, 15) is 13.6 Å². The Kier molecular flexibility index (Phi) is 4.57. The third-order valence-corrected chi connectivity index (χ3v) is 4.21. The number of rotatable bonds is 5. The van der Waals surface area contributed by atoms with Crippen LogP contribution in [0.1, 0.15) is 25.7 Å². The van der Waals surface area contributed by atoms with Crippen molar-refractivity contribution in [1.82, 2.24) is 10.2 Å². The number of halogens is 2. The first-order valence-corrected chi connectivity index (χ1v) is 7.73. The number of nitrogens with one attached hydrogen (secondary N) is 1. The van der Waals surface area contributed by atoms with E-state index in [1.54, 1.807) is 0 Å². The van der Waals surface area contributed by atoms with Crippen LogP contribution < -0.4 is 10.1 Å². The molecule has 1 aromatic carbocycles. The van der Waals surface area contributed by atoms with Crippen LogP contribution in [0.4, 0.5) is 8.78 Å². The van der Waals surface area contributed by atoms with Gasteiger partial charge in [-0.25, -0.2) is 8.78 Å². The van der Waals surface area contributed by atoms with Crippen LogP contribution in [-0.2, 0) is 4.79 Å². The van der Waals surface area contributed by atoms with Crippen molar-refractivity contribution in [2.24, 2.45) is 0 Å². The Labute approximate surface area is 128 Å². The van der Waals surface area contributed by atoms with E-state index >= 15 is 0 Å². The van der Waals surface area contributed by atoms with Crippen LogP contribution in [0.15, 0.2) is 18.2 Å². The monoisotopic (exact) mass is 310 g/mol. The Morgan fingerprint density at radius 2 is 1.95 bits per heavy atom. The molecule has 0 aromatic heterocycles. The molecule has 1 N–H and O–H groups in total. The molecule has 1 amide bonds. The highest BCUT2D eigenvalue weighted by Crippen LogP contribution is 2.29. The van der Waals surface area contributed by atoms with E-state index in [0.717, 1.165) is 44.1 Å². The van der Waals surface area contributed by atoms with E-state index in [-0.39, 0.29) is 24.3 Å². The average Bonchev–Trinajstić information content (AvgIpc) is 3.32. The highest BCUT2D eigenvalue weighted by Gasteiger charge is 2.32. The van der Waals surface area contributed by atoms with Crippen LogP contribution in [0, 0.1) is 11.6 Å². The number of benzene rings is 1. The Bertz CT molecular complexity index is 541. The molecule has 0 bridgehead atoms. The number of amides is 1. The topological polar surface area (TPSA) is 41.6 Å². The van der Waals surface area contributed by atoms with E-state index in [1.165, 1.54) is 18.9 Å². The van der Waals surface area contributed by atoms with Gasteiger partial charge in [-0.3, -0.25) is 4.79 Å². The molecular weight excluding hydrogens is 290 g/mol. The summed E-state index contributed by atoms with van der Waals surface area (Å²) in [4.78, 5) is 14.3. The summed E-state index contributed by atoms with van der Waals surface area (Å²) in [7, 11) is 0. The lowest BCUT2D eigenvalue weighted by Crippen LogP contribution is -2.46. The van der Waals surface area contributed by atoms with Gasteiger partial charge >= 0.3 is 0 Å². The molecule has 1 aliphatic carbocycles. The molecule has 1 heterocycles. The fourth-order valence-electron chi connectivity index (χ4n) is 2.85. The summed E-state index contributed by atoms with van der Waals surface area (Å²) in [5.74, 6) is -1.85. The first kappa shape index (κ1) is 15.2. The molecule has 0 spiro atoms. The van der Waals surface area contributed by atoms with Crippen molar-refractivity contribution in [3.63, 3.8) is 0 Å². The fraction of sp³-hybridized carbons (Fsp3) is 0.562. The van der Waals surface area contributed by atoms with E-state index in [0.29, 0.717) is 0 Å². The zero-order valence-corrected chi connectivity index (χ0v) is 12.4. The second-order valence-electron chi connectivity index (χ2n) is 5.97. The highest BCUT2D eigenvalue weighted by atomic mass is 19.1. The standard InChI is InChI=1S/C16H20F2N2O2/c17-11-1-4-15(14(18)9-11)22-10-16(21)19-12-5-7-20(8-6-12)13-2-3-13/h1,4,9,12-13H,2-3,5-8,10H2,(H,19,21). The summed E-state index contributed by atoms with van der Waals surface area (Å²) in [5.41, 5.74) is 0. The second-order valence-corrected chi connectivity index (χ2v) is 5.97. The van der Waals surface area contributed by atoms with Crippen molar-refractivity contribution in [2.75, 3.05) is 19.7 Å². The van der Waals surface area contributed by atoms with Gasteiger partial charge < -0.3 is 15.0 Å². The van der Waals surface area contributed by atoms with Crippen LogP contribution in [0.2, 0.25) is 0 Å². The van der Waals surface area contributed by atoms with Crippen LogP contribution >= 0.6 is 0 Å². The zero-order valence-electron chi connectivity index (χ0n) is 12.4. The summed E-state index contributed by atoms with van der Waals surface area (Å²) in [6.07, 6.45) is 4.47. The van der Waals surface area contributed by atoms with Crippen molar-refractivity contribution in [1.29, 1.82) is 0 Å². The van der Waals surface area contributed by atoms with Crippen LogP contribution in [-0.4, -0.2) is 42.6 Å². The molecule has 22 heavy (non-hydrogen) atoms. The Morgan fingerprint density at radius 3 is 2.59 bits per heavy atom. The van der Waals surface area contributed by atoms with Gasteiger partial charge in [0.15, 0.2) is 18.2 Å². The smallest absolute Gasteiger partial charge is 0.258 e. The lowest BCUT2D eigenvalue weighted by Gasteiger charge is -2.32. The fourth-order valence-corrected chi connectivity index (χ4v) is 2.85. The van der Waals surface area contributed by atoms with Crippen LogP contribution in [0.3, 0.4) is 0 Å². The number of ether oxygens (including phenoxy) is 1. The van der Waals surface area contributed by atoms with Crippen LogP contribution in [0.5, 0.6) is 5.75 Å². The molecule has 2 fully saturated rings. The van der Waals surface area contributed by atoms with Crippen molar-refractivity contribution < 1.29 is 18.3 Å². The Balaban J connectivity index is 1.40. The molecule has 2 aliphatic rings. The normalized spacial score (nSPS) is 19.9. The summed E-state index contributed by atoms with van der Waals surface area (Å²) >= 11 is 0. The minimum Gasteiger partial charge on any atom is -0.481 e. The number of likely N-dealkylation sites (tertiary alicyclic amines) is 1. The maximum atomic E-state index is 13.4. The minimum absolute atomic E-state index is 0.111. The van der Waals surface area contributed by atoms with Crippen molar-refractivity contribution in [2.45, 2.75) is 37.8 Å². The molecule has 0 radical (unpaired) electrons. The molecule has 1 saturated heterocycles. The van der Waals surface area contributed by atoms with Crippen molar-refractivity contribution >= 4 is 5.91 Å². The molecule has 0 atom stereocenters. The molecule has 120 valence electrons. The molecule has 1 aromatic rings. The predicted molar refractivity (Wildman–Crippen MR) is 77.6 cm³/mol. The zero-order chi connectivity index (χ0) is 15.5. The van der Waals surface area contributed by atoms with Gasteiger partial charge in [0.2, 0.25) is 0 Å². The summed E-state index contributed by atoms with van der Waals surface area (Å²) in [6, 6.07) is 3.95. The maximum absolute atomic E-state index is 13.4. The minimum atomic E-state index is -0.800. The number of piperidine rings is 1. The SMILES string of the molecule is O=C(COc1ccc(F)cc1F)NC1CCN(C2CC2)CC1. The summed E-state index contributed by atoms with van der Waals surface area (Å²) in [6.45, 7) is 1.78. The van der Waals surface area contributed by atoms with Gasteiger partial charge in [0.05, 0.1) is 0 Å². The molecular formula is C16H20F2N2O2. The number of nitrogens with zero attached hydrogens (tertiary/aromatic N) is 1. The van der Waals surface area contributed by atoms with Gasteiger partial charge in [0.1, 0.15) is 5.82 Å². The predicted octanol–water partition coefficient (Wildman–Crippen LogP) is 2.09. The lowest BCUT2D eigenvalue weighted by atomic mass is 10.0. The molecule has 6 heteroatoms. The molecule has 4 nitrogen and oxygen atoms in total. The Morgan fingerprint density at radius 1 is 1.23 bits per heavy atom. The quantitative estimate of drug-likeness (QED) is 0.905. The van der Waals surface area contributed by atoms with E-state index in [2.05, 4.69) is 10.2 Å². The van der Waals surface area contributed by atoms with Gasteiger partial charge in [0.25, 0.3) is 5.91 Å². The number of carbonyl (C=O) groups excluding carboxylic acids is 1. The first-order chi connectivity index (χ1) is 10.6. The molecule has 1 aliphatic heterocycles. The first-order valence-electron chi connectivity index (χ1n) is 7.73. The van der Waals surface area contributed by atoms with Gasteiger partial charge in [-0.15, -0.1) is 0 Å². The van der Waals surface area contributed by atoms with E-state index < -0.39 is 11.6 Å². The molecule has 1 saturated carbocycles. The van der Waals surface area contributed by atoms with Crippen molar-refractivity contribution in [3.8, 4) is 5.75 Å². The second kappa shape index (κ2) is 6.60. The van der Waals surface area contributed by atoms with Gasteiger partial charge in [0, 0.05) is 31.2 Å². The van der Waals surface area contributed by atoms with Crippen molar-refractivity contribution in [3.05, 3.63) is 29.8 Å². The summed E-state index contributed by atoms with van der Waals surface area (Å²) in [5, 5.41) is 2.91. The summed E-state index contributed by atoms with van der Waals surface area (Å²) < 4.78 is 31.3. The third-order valence-electron chi connectivity index (χ3n) is 4.21. The Hall–Kier alpha value is -1.69. The number of hydrogen-bond acceptors (Lipinski definition) is 3.